The van der Waals surface area contributed by atoms with Crippen LogP contribution in [0.2, 0.25) is 0 Å². The van der Waals surface area contributed by atoms with Crippen molar-refractivity contribution >= 4 is 17.7 Å². The summed E-state index contributed by atoms with van der Waals surface area (Å²) in [5.74, 6) is -0.220. The van der Waals surface area contributed by atoms with E-state index < -0.39 is 0 Å². The van der Waals surface area contributed by atoms with Crippen LogP contribution in [0.5, 0.6) is 0 Å². The summed E-state index contributed by atoms with van der Waals surface area (Å²) in [6.07, 6.45) is 2.02. The molecule has 3 rings (SSSR count). The minimum Gasteiger partial charge on any atom is -0.357 e. The van der Waals surface area contributed by atoms with Gasteiger partial charge < -0.3 is 19.7 Å². The fraction of sp³-hybridized carbons (Fsp3) is 0.611. The van der Waals surface area contributed by atoms with Crippen LogP contribution in [0.4, 0.5) is 0 Å². The summed E-state index contributed by atoms with van der Waals surface area (Å²) in [4.78, 5) is 45.6. The lowest BCUT2D eigenvalue weighted by Gasteiger charge is -2.36. The zero-order valence-electron chi connectivity index (χ0n) is 15.1. The molecule has 1 aromatic heterocycles. The summed E-state index contributed by atoms with van der Waals surface area (Å²) in [5, 5.41) is 0. The Morgan fingerprint density at radius 3 is 2.28 bits per heavy atom. The molecule has 1 atom stereocenters. The third-order valence-corrected chi connectivity index (χ3v) is 4.99. The quantitative estimate of drug-likeness (QED) is 0.866. The number of aromatic nitrogens is 1. The summed E-state index contributed by atoms with van der Waals surface area (Å²) in [7, 11) is 0. The molecule has 0 aromatic carbocycles. The maximum Gasteiger partial charge on any atom is 0.270 e. The highest BCUT2D eigenvalue weighted by molar-refractivity contribution is 5.93. The maximum absolute atomic E-state index is 12.8. The maximum atomic E-state index is 12.8. The molecule has 0 spiro atoms. The van der Waals surface area contributed by atoms with Crippen LogP contribution >= 0.6 is 0 Å². The number of nitrogens with zero attached hydrogens (tertiary/aromatic N) is 3. The van der Waals surface area contributed by atoms with E-state index in [1.54, 1.807) is 33.0 Å². The highest BCUT2D eigenvalue weighted by atomic mass is 16.2. The van der Waals surface area contributed by atoms with Crippen LogP contribution in [0.15, 0.2) is 18.3 Å². The van der Waals surface area contributed by atoms with Crippen molar-refractivity contribution in [1.82, 2.24) is 19.7 Å². The summed E-state index contributed by atoms with van der Waals surface area (Å²) in [6, 6.07) is 3.55. The number of hydrogen-bond acceptors (Lipinski definition) is 3. The predicted octanol–water partition coefficient (Wildman–Crippen LogP) is 0.946. The number of hydrogen-bond donors (Lipinski definition) is 1. The number of piperazine rings is 1. The molecule has 7 heteroatoms. The smallest absolute Gasteiger partial charge is 0.270 e. The van der Waals surface area contributed by atoms with Crippen LogP contribution in [0, 0.1) is 5.92 Å². The van der Waals surface area contributed by atoms with E-state index in [-0.39, 0.29) is 35.6 Å². The van der Waals surface area contributed by atoms with Crippen LogP contribution in [0.1, 0.15) is 37.7 Å². The fourth-order valence-corrected chi connectivity index (χ4v) is 3.54. The van der Waals surface area contributed by atoms with Crippen molar-refractivity contribution in [1.29, 1.82) is 0 Å². The molecule has 136 valence electrons. The van der Waals surface area contributed by atoms with Crippen molar-refractivity contribution in [2.24, 2.45) is 5.92 Å². The average Bonchev–Trinajstić information content (AvgIpc) is 3.22. The Kier molecular flexibility index (Phi) is 4.58. The first kappa shape index (κ1) is 17.5. The van der Waals surface area contributed by atoms with Crippen LogP contribution < -0.4 is 0 Å². The molecule has 7 nitrogen and oxygen atoms in total. The highest BCUT2D eigenvalue weighted by Crippen LogP contribution is 2.27. The molecule has 2 saturated heterocycles. The van der Waals surface area contributed by atoms with Gasteiger partial charge in [0.2, 0.25) is 11.8 Å². The minimum atomic E-state index is -0.266. The van der Waals surface area contributed by atoms with Gasteiger partial charge in [-0.15, -0.1) is 0 Å². The standard InChI is InChI=1S/C18H26N4O3/c1-18(2,3)22-12-13(11-15(22)23)16(24)20-7-9-21(10-8-20)17(25)14-5-4-6-19-14/h4-6,13,19H,7-12H2,1-3H3. The minimum absolute atomic E-state index is 0.0343. The number of aromatic amines is 1. The first-order valence-corrected chi connectivity index (χ1v) is 8.79. The lowest BCUT2D eigenvalue weighted by molar-refractivity contribution is -0.137. The third-order valence-electron chi connectivity index (χ3n) is 4.99. The number of amides is 3. The van der Waals surface area contributed by atoms with Gasteiger partial charge in [-0.3, -0.25) is 14.4 Å². The van der Waals surface area contributed by atoms with Gasteiger partial charge in [-0.25, -0.2) is 0 Å². The zero-order valence-corrected chi connectivity index (χ0v) is 15.1. The first-order chi connectivity index (χ1) is 11.8. The third kappa shape index (κ3) is 3.55. The number of carbonyl (C=O) groups is 3. The van der Waals surface area contributed by atoms with Crippen molar-refractivity contribution in [2.75, 3.05) is 32.7 Å². The summed E-state index contributed by atoms with van der Waals surface area (Å²) >= 11 is 0. The number of likely N-dealkylation sites (tertiary alicyclic amines) is 1. The number of carbonyl (C=O) groups excluding carboxylic acids is 3. The Morgan fingerprint density at radius 2 is 1.76 bits per heavy atom. The second kappa shape index (κ2) is 6.54. The van der Waals surface area contributed by atoms with E-state index in [4.69, 9.17) is 0 Å². The van der Waals surface area contributed by atoms with Gasteiger partial charge in [0.15, 0.2) is 0 Å². The molecule has 1 unspecified atom stereocenters. The highest BCUT2D eigenvalue weighted by Gasteiger charge is 2.41. The van der Waals surface area contributed by atoms with E-state index in [0.29, 0.717) is 38.4 Å². The molecular formula is C18H26N4O3. The molecule has 0 bridgehead atoms. The van der Waals surface area contributed by atoms with Gasteiger partial charge in [0.25, 0.3) is 5.91 Å². The van der Waals surface area contributed by atoms with Gasteiger partial charge in [0.05, 0.1) is 5.92 Å². The predicted molar refractivity (Wildman–Crippen MR) is 92.8 cm³/mol. The Morgan fingerprint density at radius 1 is 1.12 bits per heavy atom. The Bertz CT molecular complexity index is 654. The Hall–Kier alpha value is -2.31. The van der Waals surface area contributed by atoms with Crippen LogP contribution in [-0.2, 0) is 9.59 Å². The number of H-pyrrole nitrogens is 1. The summed E-state index contributed by atoms with van der Waals surface area (Å²) < 4.78 is 0. The first-order valence-electron chi connectivity index (χ1n) is 8.79. The summed E-state index contributed by atoms with van der Waals surface area (Å²) in [5.41, 5.74) is 0.315. The van der Waals surface area contributed by atoms with E-state index in [2.05, 4.69) is 4.98 Å². The Labute approximate surface area is 148 Å². The molecular weight excluding hydrogens is 320 g/mol. The van der Waals surface area contributed by atoms with Gasteiger partial charge in [-0.1, -0.05) is 0 Å². The van der Waals surface area contributed by atoms with Crippen molar-refractivity contribution in [3.8, 4) is 0 Å². The van der Waals surface area contributed by atoms with Gasteiger partial charge in [0, 0.05) is 50.9 Å². The monoisotopic (exact) mass is 346 g/mol. The van der Waals surface area contributed by atoms with Crippen molar-refractivity contribution in [2.45, 2.75) is 32.7 Å². The van der Waals surface area contributed by atoms with Gasteiger partial charge >= 0.3 is 0 Å². The zero-order chi connectivity index (χ0) is 18.2. The molecule has 2 aliphatic rings. The molecule has 0 radical (unpaired) electrons. The molecule has 3 amide bonds. The lowest BCUT2D eigenvalue weighted by atomic mass is 10.1. The number of rotatable bonds is 2. The second-order valence-electron chi connectivity index (χ2n) is 7.78. The van der Waals surface area contributed by atoms with Gasteiger partial charge in [-0.05, 0) is 32.9 Å². The molecule has 2 aliphatic heterocycles. The molecule has 1 aromatic rings. The van der Waals surface area contributed by atoms with E-state index in [9.17, 15) is 14.4 Å². The van der Waals surface area contributed by atoms with Gasteiger partial charge in [0.1, 0.15) is 5.69 Å². The van der Waals surface area contributed by atoms with Crippen LogP contribution in [0.3, 0.4) is 0 Å². The normalized spacial score (nSPS) is 21.8. The molecule has 0 saturated carbocycles. The SMILES string of the molecule is CC(C)(C)N1CC(C(=O)N2CCN(C(=O)c3ccc[nH]3)CC2)CC1=O. The van der Waals surface area contributed by atoms with E-state index in [0.717, 1.165) is 0 Å². The van der Waals surface area contributed by atoms with Crippen LogP contribution in [-0.4, -0.2) is 75.7 Å². The molecule has 25 heavy (non-hydrogen) atoms. The second-order valence-corrected chi connectivity index (χ2v) is 7.78. The van der Waals surface area contributed by atoms with E-state index >= 15 is 0 Å². The fourth-order valence-electron chi connectivity index (χ4n) is 3.54. The van der Waals surface area contributed by atoms with E-state index in [1.807, 2.05) is 20.8 Å². The molecule has 2 fully saturated rings. The lowest BCUT2D eigenvalue weighted by Crippen LogP contribution is -2.52. The molecule has 3 heterocycles. The van der Waals surface area contributed by atoms with Crippen molar-refractivity contribution in [3.63, 3.8) is 0 Å². The van der Waals surface area contributed by atoms with Gasteiger partial charge in [-0.2, -0.15) is 0 Å². The largest absolute Gasteiger partial charge is 0.357 e. The average molecular weight is 346 g/mol. The van der Waals surface area contributed by atoms with Crippen molar-refractivity contribution in [3.05, 3.63) is 24.0 Å². The topological polar surface area (TPSA) is 76.7 Å². The molecule has 0 aliphatic carbocycles. The molecule has 1 N–H and O–H groups in total. The number of nitrogens with one attached hydrogen (secondary N) is 1. The summed E-state index contributed by atoms with van der Waals surface area (Å²) in [6.45, 7) is 8.54. The van der Waals surface area contributed by atoms with Crippen LogP contribution in [0.25, 0.3) is 0 Å². The van der Waals surface area contributed by atoms with Crippen molar-refractivity contribution < 1.29 is 14.4 Å². The Balaban J connectivity index is 1.56. The van der Waals surface area contributed by atoms with E-state index in [1.165, 1.54) is 0 Å².